The molecule has 0 aromatic heterocycles. The highest BCUT2D eigenvalue weighted by Gasteiger charge is 2.20. The highest BCUT2D eigenvalue weighted by molar-refractivity contribution is 7.99. The first-order valence-corrected chi connectivity index (χ1v) is 10.1. The molecule has 3 nitrogen and oxygen atoms in total. The maximum Gasteiger partial charge on any atom is 0.288 e. The lowest BCUT2D eigenvalue weighted by atomic mass is 10.2. The summed E-state index contributed by atoms with van der Waals surface area (Å²) in [5.74, 6) is -2.50. The summed E-state index contributed by atoms with van der Waals surface area (Å²) in [5.41, 5.74) is 1.74. The number of alkyl halides is 2. The third-order valence-corrected chi connectivity index (χ3v) is 5.50. The van der Waals surface area contributed by atoms with E-state index in [1.54, 1.807) is 24.3 Å². The minimum absolute atomic E-state index is 0.0445. The van der Waals surface area contributed by atoms with Crippen molar-refractivity contribution in [1.82, 2.24) is 9.80 Å². The van der Waals surface area contributed by atoms with Crippen molar-refractivity contribution in [2.75, 3.05) is 26.2 Å². The van der Waals surface area contributed by atoms with Gasteiger partial charge in [0.05, 0.1) is 0 Å². The number of hydrogen-bond acceptors (Lipinski definition) is 3. The topological polar surface area (TPSA) is 23.6 Å². The first kappa shape index (κ1) is 20.1. The molecule has 0 radical (unpaired) electrons. The Hall–Kier alpha value is -1.63. The average Bonchev–Trinajstić information content (AvgIpc) is 2.89. The summed E-state index contributed by atoms with van der Waals surface area (Å²) in [7, 11) is 0. The molecule has 0 unspecified atom stereocenters. The lowest BCUT2D eigenvalue weighted by Crippen LogP contribution is -2.35. The summed E-state index contributed by atoms with van der Waals surface area (Å²) in [5, 5.41) is 0.726. The molecule has 27 heavy (non-hydrogen) atoms. The fourth-order valence-electron chi connectivity index (χ4n) is 3.14. The third kappa shape index (κ3) is 5.92. The van der Waals surface area contributed by atoms with Gasteiger partial charge in [0, 0.05) is 48.2 Å². The summed E-state index contributed by atoms with van der Waals surface area (Å²) >= 11 is 6.42. The summed E-state index contributed by atoms with van der Waals surface area (Å²) in [6, 6.07) is 14.2. The van der Waals surface area contributed by atoms with Crippen molar-refractivity contribution in [1.29, 1.82) is 0 Å². The van der Waals surface area contributed by atoms with Crippen molar-refractivity contribution >= 4 is 29.3 Å². The van der Waals surface area contributed by atoms with Crippen LogP contribution in [-0.2, 0) is 6.54 Å². The molecule has 0 aliphatic carbocycles. The van der Waals surface area contributed by atoms with E-state index < -0.39 is 5.76 Å². The van der Waals surface area contributed by atoms with E-state index in [1.807, 2.05) is 29.2 Å². The van der Waals surface area contributed by atoms with Gasteiger partial charge in [-0.2, -0.15) is 8.78 Å². The Morgan fingerprint density at radius 1 is 1.00 bits per heavy atom. The van der Waals surface area contributed by atoms with E-state index in [0.29, 0.717) is 35.3 Å². The Bertz CT molecular complexity index is 756. The number of thioether (sulfide) groups is 1. The number of amides is 1. The van der Waals surface area contributed by atoms with E-state index in [-0.39, 0.29) is 5.91 Å². The van der Waals surface area contributed by atoms with Crippen molar-refractivity contribution < 1.29 is 13.6 Å². The van der Waals surface area contributed by atoms with Gasteiger partial charge >= 0.3 is 0 Å². The fourth-order valence-corrected chi connectivity index (χ4v) is 3.77. The number of benzene rings is 2. The van der Waals surface area contributed by atoms with Crippen LogP contribution in [0.5, 0.6) is 0 Å². The van der Waals surface area contributed by atoms with Crippen LogP contribution in [0.4, 0.5) is 8.78 Å². The second-order valence-electron chi connectivity index (χ2n) is 6.45. The highest BCUT2D eigenvalue weighted by atomic mass is 35.5. The summed E-state index contributed by atoms with van der Waals surface area (Å²) in [4.78, 5) is 17.4. The Morgan fingerprint density at radius 2 is 1.70 bits per heavy atom. The van der Waals surface area contributed by atoms with Crippen molar-refractivity contribution in [3.8, 4) is 0 Å². The molecule has 144 valence electrons. The maximum absolute atomic E-state index is 12.7. The average molecular weight is 411 g/mol. The van der Waals surface area contributed by atoms with Gasteiger partial charge < -0.3 is 4.90 Å². The minimum Gasteiger partial charge on any atom is -0.337 e. The van der Waals surface area contributed by atoms with Gasteiger partial charge in [0.2, 0.25) is 0 Å². The second kappa shape index (κ2) is 9.53. The van der Waals surface area contributed by atoms with Gasteiger partial charge in [-0.25, -0.2) is 0 Å². The van der Waals surface area contributed by atoms with Crippen molar-refractivity contribution in [3.63, 3.8) is 0 Å². The second-order valence-corrected chi connectivity index (χ2v) is 7.95. The van der Waals surface area contributed by atoms with Gasteiger partial charge in [-0.05, 0) is 48.4 Å². The molecule has 1 saturated heterocycles. The number of rotatable bonds is 5. The maximum atomic E-state index is 12.7. The monoisotopic (exact) mass is 410 g/mol. The smallest absolute Gasteiger partial charge is 0.288 e. The molecular weight excluding hydrogens is 390 g/mol. The molecule has 1 amide bonds. The van der Waals surface area contributed by atoms with E-state index in [0.717, 1.165) is 31.1 Å². The number of hydrogen-bond donors (Lipinski definition) is 0. The molecule has 0 spiro atoms. The Morgan fingerprint density at radius 3 is 2.37 bits per heavy atom. The van der Waals surface area contributed by atoms with Crippen molar-refractivity contribution in [2.45, 2.75) is 23.6 Å². The highest BCUT2D eigenvalue weighted by Crippen LogP contribution is 2.25. The van der Waals surface area contributed by atoms with Gasteiger partial charge in [-0.1, -0.05) is 35.5 Å². The molecule has 2 aromatic rings. The van der Waals surface area contributed by atoms with Crippen LogP contribution in [0.1, 0.15) is 22.3 Å². The van der Waals surface area contributed by atoms with Gasteiger partial charge in [-0.3, -0.25) is 9.69 Å². The van der Waals surface area contributed by atoms with Crippen molar-refractivity contribution in [3.05, 3.63) is 64.7 Å². The summed E-state index contributed by atoms with van der Waals surface area (Å²) in [6.07, 6.45) is 0.901. The first-order valence-electron chi connectivity index (χ1n) is 8.82. The van der Waals surface area contributed by atoms with E-state index in [4.69, 9.17) is 11.6 Å². The van der Waals surface area contributed by atoms with E-state index in [2.05, 4.69) is 4.90 Å². The normalized spacial score (nSPS) is 15.8. The van der Waals surface area contributed by atoms with Crippen LogP contribution in [0, 0.1) is 0 Å². The number of carbonyl (C=O) groups is 1. The standard InChI is InChI=1S/C20H21ClF2N2OS/c21-17-6-2-15(3-7-17)14-24-10-1-11-25(13-12-24)19(26)16-4-8-18(9-5-16)27-20(22)23/h2-9,20H,1,10-14H2. The van der Waals surface area contributed by atoms with Crippen LogP contribution in [0.2, 0.25) is 5.02 Å². The number of carbonyl (C=O) groups excluding carboxylic acids is 1. The van der Waals surface area contributed by atoms with Gasteiger partial charge in [0.15, 0.2) is 0 Å². The van der Waals surface area contributed by atoms with Gasteiger partial charge in [-0.15, -0.1) is 0 Å². The SMILES string of the molecule is O=C(c1ccc(SC(F)F)cc1)N1CCCN(Cc2ccc(Cl)cc2)CC1. The molecule has 7 heteroatoms. The molecule has 1 heterocycles. The van der Waals surface area contributed by atoms with Gasteiger partial charge in [0.1, 0.15) is 0 Å². The molecule has 1 aliphatic heterocycles. The summed E-state index contributed by atoms with van der Waals surface area (Å²) < 4.78 is 24.8. The predicted octanol–water partition coefficient (Wildman–Crippen LogP) is 5.00. The number of nitrogens with zero attached hydrogens (tertiary/aromatic N) is 2. The molecule has 1 fully saturated rings. The lowest BCUT2D eigenvalue weighted by Gasteiger charge is -2.22. The lowest BCUT2D eigenvalue weighted by molar-refractivity contribution is 0.0761. The van der Waals surface area contributed by atoms with E-state index in [1.165, 1.54) is 5.56 Å². The molecule has 3 rings (SSSR count). The van der Waals surface area contributed by atoms with Crippen molar-refractivity contribution in [2.24, 2.45) is 0 Å². The van der Waals surface area contributed by atoms with Crippen LogP contribution >= 0.6 is 23.4 Å². The molecule has 2 aromatic carbocycles. The molecule has 0 atom stereocenters. The van der Waals surface area contributed by atoms with Crippen LogP contribution in [0.3, 0.4) is 0 Å². The molecule has 0 saturated carbocycles. The first-order chi connectivity index (χ1) is 13.0. The van der Waals surface area contributed by atoms with Crippen LogP contribution < -0.4 is 0 Å². The Kier molecular flexibility index (Phi) is 7.10. The Balaban J connectivity index is 1.56. The zero-order valence-corrected chi connectivity index (χ0v) is 16.4. The quantitative estimate of drug-likeness (QED) is 0.648. The minimum atomic E-state index is -2.45. The predicted molar refractivity (Wildman–Crippen MR) is 106 cm³/mol. The third-order valence-electron chi connectivity index (χ3n) is 4.52. The fraction of sp³-hybridized carbons (Fsp3) is 0.350. The number of halogens is 3. The van der Waals surface area contributed by atoms with E-state index in [9.17, 15) is 13.6 Å². The van der Waals surface area contributed by atoms with Crippen LogP contribution in [0.15, 0.2) is 53.4 Å². The molecular formula is C20H21ClF2N2OS. The largest absolute Gasteiger partial charge is 0.337 e. The van der Waals surface area contributed by atoms with Crippen LogP contribution in [0.25, 0.3) is 0 Å². The molecule has 0 N–H and O–H groups in total. The van der Waals surface area contributed by atoms with Crippen LogP contribution in [-0.4, -0.2) is 47.6 Å². The Labute approximate surface area is 167 Å². The van der Waals surface area contributed by atoms with E-state index >= 15 is 0 Å². The molecule has 1 aliphatic rings. The van der Waals surface area contributed by atoms with Gasteiger partial charge in [0.25, 0.3) is 11.7 Å². The zero-order chi connectivity index (χ0) is 19.2. The molecule has 0 bridgehead atoms. The summed E-state index contributed by atoms with van der Waals surface area (Å²) in [6.45, 7) is 3.91. The zero-order valence-electron chi connectivity index (χ0n) is 14.8.